The van der Waals surface area contributed by atoms with Crippen molar-refractivity contribution in [2.24, 2.45) is 5.73 Å². The van der Waals surface area contributed by atoms with Crippen LogP contribution in [0, 0.1) is 0 Å². The van der Waals surface area contributed by atoms with E-state index in [-0.39, 0.29) is 5.41 Å². The first-order chi connectivity index (χ1) is 8.08. The fourth-order valence-corrected chi connectivity index (χ4v) is 3.33. The number of hydrogen-bond donors (Lipinski definition) is 2. The molecule has 2 nitrogen and oxygen atoms in total. The Morgan fingerprint density at radius 2 is 2.06 bits per heavy atom. The average Bonchev–Trinajstić information content (AvgIpc) is 2.82. The van der Waals surface area contributed by atoms with Crippen LogP contribution in [-0.4, -0.2) is 18.6 Å². The Morgan fingerprint density at radius 3 is 2.65 bits per heavy atom. The normalized spacial score (nSPS) is 26.1. The SMILES string of the molecule is CC(C)(CNC1CCC(N)CC1)c1cccs1. The molecule has 3 heteroatoms. The molecular weight excluding hydrogens is 228 g/mol. The van der Waals surface area contributed by atoms with Crippen LogP contribution in [0.25, 0.3) is 0 Å². The Bertz CT molecular complexity index is 324. The van der Waals surface area contributed by atoms with Gasteiger partial charge in [-0.1, -0.05) is 19.9 Å². The van der Waals surface area contributed by atoms with E-state index in [4.69, 9.17) is 5.73 Å². The second-order valence-electron chi connectivity index (χ2n) is 5.85. The van der Waals surface area contributed by atoms with Crippen LogP contribution in [0.2, 0.25) is 0 Å². The first-order valence-corrected chi connectivity index (χ1v) is 7.49. The second kappa shape index (κ2) is 5.51. The summed E-state index contributed by atoms with van der Waals surface area (Å²) in [6, 6.07) is 5.50. The maximum absolute atomic E-state index is 5.93. The first-order valence-electron chi connectivity index (χ1n) is 6.61. The monoisotopic (exact) mass is 252 g/mol. The maximum Gasteiger partial charge on any atom is 0.0115 e. The molecule has 2 rings (SSSR count). The molecule has 1 aliphatic carbocycles. The molecule has 0 saturated heterocycles. The van der Waals surface area contributed by atoms with Gasteiger partial charge in [0, 0.05) is 28.9 Å². The van der Waals surface area contributed by atoms with Gasteiger partial charge >= 0.3 is 0 Å². The molecule has 1 aliphatic rings. The van der Waals surface area contributed by atoms with E-state index in [0.717, 1.165) is 6.54 Å². The molecule has 3 N–H and O–H groups in total. The molecule has 17 heavy (non-hydrogen) atoms. The van der Waals surface area contributed by atoms with Crippen molar-refractivity contribution >= 4 is 11.3 Å². The third-order valence-corrected chi connectivity index (χ3v) is 5.03. The Labute approximate surface area is 109 Å². The minimum Gasteiger partial charge on any atom is -0.328 e. The summed E-state index contributed by atoms with van der Waals surface area (Å²) in [4.78, 5) is 1.47. The van der Waals surface area contributed by atoms with Gasteiger partial charge in [-0.05, 0) is 37.1 Å². The molecule has 1 heterocycles. The molecule has 96 valence electrons. The molecule has 1 aromatic rings. The van der Waals surface area contributed by atoms with E-state index in [9.17, 15) is 0 Å². The highest BCUT2D eigenvalue weighted by molar-refractivity contribution is 7.10. The van der Waals surface area contributed by atoms with Gasteiger partial charge in [0.15, 0.2) is 0 Å². The van der Waals surface area contributed by atoms with E-state index in [2.05, 4.69) is 36.7 Å². The number of nitrogens with one attached hydrogen (secondary N) is 1. The minimum atomic E-state index is 0.244. The summed E-state index contributed by atoms with van der Waals surface area (Å²) in [5.41, 5.74) is 6.17. The van der Waals surface area contributed by atoms with Gasteiger partial charge in [-0.25, -0.2) is 0 Å². The van der Waals surface area contributed by atoms with Gasteiger partial charge in [-0.2, -0.15) is 0 Å². The summed E-state index contributed by atoms with van der Waals surface area (Å²) >= 11 is 1.86. The van der Waals surface area contributed by atoms with Crippen molar-refractivity contribution < 1.29 is 0 Å². The molecule has 0 spiro atoms. The smallest absolute Gasteiger partial charge is 0.0115 e. The summed E-state index contributed by atoms with van der Waals surface area (Å²) in [6.07, 6.45) is 4.83. The summed E-state index contributed by atoms with van der Waals surface area (Å²) < 4.78 is 0. The van der Waals surface area contributed by atoms with Crippen LogP contribution >= 0.6 is 11.3 Å². The lowest BCUT2D eigenvalue weighted by atomic mass is 9.88. The fourth-order valence-electron chi connectivity index (χ4n) is 2.47. The quantitative estimate of drug-likeness (QED) is 0.865. The third kappa shape index (κ3) is 3.54. The lowest BCUT2D eigenvalue weighted by Gasteiger charge is -2.31. The molecule has 0 amide bonds. The predicted octanol–water partition coefficient (Wildman–Crippen LogP) is 2.89. The van der Waals surface area contributed by atoms with E-state index >= 15 is 0 Å². The van der Waals surface area contributed by atoms with Crippen LogP contribution in [0.15, 0.2) is 17.5 Å². The van der Waals surface area contributed by atoms with Gasteiger partial charge in [0.1, 0.15) is 0 Å². The van der Waals surface area contributed by atoms with E-state index in [1.54, 1.807) is 0 Å². The van der Waals surface area contributed by atoms with Crippen molar-refractivity contribution in [3.63, 3.8) is 0 Å². The third-order valence-electron chi connectivity index (χ3n) is 3.79. The topological polar surface area (TPSA) is 38.0 Å². The van der Waals surface area contributed by atoms with Crippen LogP contribution in [0.5, 0.6) is 0 Å². The van der Waals surface area contributed by atoms with E-state index in [1.165, 1.54) is 30.6 Å². The van der Waals surface area contributed by atoms with Gasteiger partial charge in [-0.3, -0.25) is 0 Å². The fraction of sp³-hybridized carbons (Fsp3) is 0.714. The van der Waals surface area contributed by atoms with E-state index in [1.807, 2.05) is 11.3 Å². The minimum absolute atomic E-state index is 0.244. The summed E-state index contributed by atoms with van der Waals surface area (Å²) in [6.45, 7) is 5.70. The van der Waals surface area contributed by atoms with E-state index in [0.29, 0.717) is 12.1 Å². The van der Waals surface area contributed by atoms with Crippen molar-refractivity contribution in [1.29, 1.82) is 0 Å². The lowest BCUT2D eigenvalue weighted by Crippen LogP contribution is -2.42. The first kappa shape index (κ1) is 13.1. The van der Waals surface area contributed by atoms with Crippen molar-refractivity contribution in [3.05, 3.63) is 22.4 Å². The van der Waals surface area contributed by atoms with Gasteiger partial charge in [0.25, 0.3) is 0 Å². The van der Waals surface area contributed by atoms with Gasteiger partial charge in [-0.15, -0.1) is 11.3 Å². The largest absolute Gasteiger partial charge is 0.328 e. The zero-order valence-corrected chi connectivity index (χ0v) is 11.7. The van der Waals surface area contributed by atoms with Crippen LogP contribution in [-0.2, 0) is 5.41 Å². The van der Waals surface area contributed by atoms with Gasteiger partial charge < -0.3 is 11.1 Å². The van der Waals surface area contributed by atoms with Crippen LogP contribution in [0.4, 0.5) is 0 Å². The average molecular weight is 252 g/mol. The molecule has 0 bridgehead atoms. The zero-order valence-electron chi connectivity index (χ0n) is 10.9. The molecule has 0 aromatic carbocycles. The standard InChI is InChI=1S/C14H24N2S/c1-14(2,13-4-3-9-17-13)10-16-12-7-5-11(15)6-8-12/h3-4,9,11-12,16H,5-8,10,15H2,1-2H3. The molecule has 0 atom stereocenters. The summed E-state index contributed by atoms with van der Waals surface area (Å²) in [7, 11) is 0. The summed E-state index contributed by atoms with van der Waals surface area (Å²) in [5, 5.41) is 5.89. The zero-order chi connectivity index (χ0) is 12.3. The molecular formula is C14H24N2S. The second-order valence-corrected chi connectivity index (χ2v) is 6.80. The molecule has 0 aliphatic heterocycles. The summed E-state index contributed by atoms with van der Waals surface area (Å²) in [5.74, 6) is 0. The Morgan fingerprint density at radius 1 is 1.35 bits per heavy atom. The van der Waals surface area contributed by atoms with Crippen molar-refractivity contribution in [2.75, 3.05) is 6.54 Å². The maximum atomic E-state index is 5.93. The molecule has 0 radical (unpaired) electrons. The highest BCUT2D eigenvalue weighted by Crippen LogP contribution is 2.27. The predicted molar refractivity (Wildman–Crippen MR) is 75.6 cm³/mol. The van der Waals surface area contributed by atoms with Crippen molar-refractivity contribution in [1.82, 2.24) is 5.32 Å². The Kier molecular flexibility index (Phi) is 4.23. The molecule has 0 unspecified atom stereocenters. The number of thiophene rings is 1. The van der Waals surface area contributed by atoms with Gasteiger partial charge in [0.2, 0.25) is 0 Å². The highest BCUT2D eigenvalue weighted by Gasteiger charge is 2.24. The van der Waals surface area contributed by atoms with Crippen molar-refractivity contribution in [2.45, 2.75) is 57.0 Å². The lowest BCUT2D eigenvalue weighted by molar-refractivity contribution is 0.321. The van der Waals surface area contributed by atoms with Gasteiger partial charge in [0.05, 0.1) is 0 Å². The van der Waals surface area contributed by atoms with Crippen LogP contribution in [0.3, 0.4) is 0 Å². The number of nitrogens with two attached hydrogens (primary N) is 1. The number of hydrogen-bond acceptors (Lipinski definition) is 3. The van der Waals surface area contributed by atoms with E-state index < -0.39 is 0 Å². The number of rotatable bonds is 4. The Balaban J connectivity index is 1.81. The Hall–Kier alpha value is -0.380. The molecule has 1 aromatic heterocycles. The van der Waals surface area contributed by atoms with Crippen molar-refractivity contribution in [3.8, 4) is 0 Å². The van der Waals surface area contributed by atoms with Crippen LogP contribution in [0.1, 0.15) is 44.4 Å². The molecule has 1 fully saturated rings. The molecule has 1 saturated carbocycles. The van der Waals surface area contributed by atoms with Crippen LogP contribution < -0.4 is 11.1 Å². The highest BCUT2D eigenvalue weighted by atomic mass is 32.1.